The van der Waals surface area contributed by atoms with E-state index >= 15 is 0 Å². The lowest BCUT2D eigenvalue weighted by Gasteiger charge is -2.30. The van der Waals surface area contributed by atoms with Gasteiger partial charge in [-0.25, -0.2) is 0 Å². The molecule has 0 N–H and O–H groups in total. The Morgan fingerprint density at radius 3 is 1.18 bits per heavy atom. The number of nitrogens with zero attached hydrogens (tertiary/aromatic N) is 2. The van der Waals surface area contributed by atoms with Gasteiger partial charge in [0.05, 0.1) is 22.4 Å². The van der Waals surface area contributed by atoms with Crippen molar-refractivity contribution in [3.8, 4) is 72.4 Å². The second kappa shape index (κ2) is 17.8. The number of anilines is 3. The van der Waals surface area contributed by atoms with Crippen LogP contribution in [-0.4, -0.2) is 4.57 Å². The van der Waals surface area contributed by atoms with E-state index in [0.29, 0.717) is 0 Å². The molecule has 12 rings (SSSR count). The minimum absolute atomic E-state index is 1.09. The van der Waals surface area contributed by atoms with Gasteiger partial charge < -0.3 is 9.47 Å². The van der Waals surface area contributed by atoms with E-state index in [4.69, 9.17) is 0 Å². The van der Waals surface area contributed by atoms with Crippen LogP contribution in [-0.2, 0) is 0 Å². The molecule has 0 spiro atoms. The number of aromatic nitrogens is 1. The van der Waals surface area contributed by atoms with E-state index in [0.717, 1.165) is 50.5 Å². The molecule has 12 aromatic rings. The lowest BCUT2D eigenvalue weighted by Crippen LogP contribution is -2.12. The van der Waals surface area contributed by atoms with E-state index < -0.39 is 0 Å². The van der Waals surface area contributed by atoms with Crippen molar-refractivity contribution >= 4 is 38.9 Å². The molecule has 0 amide bonds. The molecule has 0 bridgehead atoms. The van der Waals surface area contributed by atoms with Gasteiger partial charge in [0.1, 0.15) is 0 Å². The van der Waals surface area contributed by atoms with Gasteiger partial charge in [-0.3, -0.25) is 0 Å². The summed E-state index contributed by atoms with van der Waals surface area (Å²) in [5, 5.41) is 2.42. The smallest absolute Gasteiger partial charge is 0.0541 e. The van der Waals surface area contributed by atoms with Crippen LogP contribution in [0.1, 0.15) is 0 Å². The molecule has 0 fully saturated rings. The third-order valence-corrected chi connectivity index (χ3v) is 13.2. The monoisotopic (exact) mass is 866 g/mol. The normalized spacial score (nSPS) is 11.2. The van der Waals surface area contributed by atoms with Gasteiger partial charge >= 0.3 is 0 Å². The van der Waals surface area contributed by atoms with E-state index in [1.165, 1.54) is 60.8 Å². The predicted octanol–water partition coefficient (Wildman–Crippen LogP) is 18.3. The zero-order chi connectivity index (χ0) is 45.2. The fraction of sp³-hybridized carbons (Fsp3) is 0. The van der Waals surface area contributed by atoms with Crippen molar-refractivity contribution in [2.24, 2.45) is 0 Å². The highest BCUT2D eigenvalue weighted by atomic mass is 15.1. The highest BCUT2D eigenvalue weighted by Gasteiger charge is 2.22. The minimum atomic E-state index is 1.09. The second-order valence-electron chi connectivity index (χ2n) is 17.3. The molecule has 0 saturated heterocycles. The van der Waals surface area contributed by atoms with Crippen LogP contribution < -0.4 is 4.90 Å². The summed E-state index contributed by atoms with van der Waals surface area (Å²) < 4.78 is 2.45. The quantitative estimate of drug-likeness (QED) is 0.133. The van der Waals surface area contributed by atoms with Crippen molar-refractivity contribution in [2.45, 2.75) is 0 Å². The van der Waals surface area contributed by atoms with Crippen molar-refractivity contribution in [3.63, 3.8) is 0 Å². The van der Waals surface area contributed by atoms with Gasteiger partial charge in [0.15, 0.2) is 0 Å². The van der Waals surface area contributed by atoms with Gasteiger partial charge in [0.2, 0.25) is 0 Å². The molecule has 2 heteroatoms. The Balaban J connectivity index is 0.994. The Morgan fingerprint density at radius 2 is 0.618 bits per heavy atom. The van der Waals surface area contributed by atoms with Crippen LogP contribution in [0.3, 0.4) is 0 Å². The third kappa shape index (κ3) is 7.64. The zero-order valence-electron chi connectivity index (χ0n) is 37.5. The van der Waals surface area contributed by atoms with Crippen molar-refractivity contribution < 1.29 is 0 Å². The Labute approximate surface area is 397 Å². The van der Waals surface area contributed by atoms with Gasteiger partial charge in [-0.2, -0.15) is 0 Å². The molecule has 320 valence electrons. The molecule has 68 heavy (non-hydrogen) atoms. The first-order chi connectivity index (χ1) is 33.7. The first kappa shape index (κ1) is 40.5. The molecule has 2 nitrogen and oxygen atoms in total. The standard InChI is InChI=1S/C66H46N2/c1-5-19-47(20-6-1)50-33-35-52(36-34-50)56-43-55(49-23-9-3-10-24-49)44-58(45-56)68-65-32-18-15-29-61(65)62-46-54(41-42-66(62)68)60-28-14-17-31-64(60)67(57-25-11-4-12-26-57)63-30-16-13-27-59(63)53-39-37-51(38-40-53)48-21-7-2-8-22-48/h1-46H. The van der Waals surface area contributed by atoms with Crippen molar-refractivity contribution in [1.82, 2.24) is 4.57 Å². The average Bonchev–Trinajstić information content (AvgIpc) is 3.76. The highest BCUT2D eigenvalue weighted by molar-refractivity contribution is 6.11. The Bertz CT molecular complexity index is 3690. The summed E-state index contributed by atoms with van der Waals surface area (Å²) in [5.41, 5.74) is 20.9. The number of fused-ring (bicyclic) bond motifs is 3. The molecule has 0 aliphatic heterocycles. The van der Waals surface area contributed by atoms with Crippen molar-refractivity contribution in [3.05, 3.63) is 279 Å². The largest absolute Gasteiger partial charge is 0.309 e. The summed E-state index contributed by atoms with van der Waals surface area (Å²) in [4.78, 5) is 2.42. The molecule has 1 heterocycles. The average molecular weight is 867 g/mol. The van der Waals surface area contributed by atoms with E-state index in [1.54, 1.807) is 0 Å². The van der Waals surface area contributed by atoms with E-state index in [9.17, 15) is 0 Å². The number of hydrogen-bond donors (Lipinski definition) is 0. The predicted molar refractivity (Wildman–Crippen MR) is 288 cm³/mol. The molecule has 0 aliphatic rings. The van der Waals surface area contributed by atoms with E-state index in [2.05, 4.69) is 289 Å². The lowest BCUT2D eigenvalue weighted by atomic mass is 9.96. The Morgan fingerprint density at radius 1 is 0.235 bits per heavy atom. The van der Waals surface area contributed by atoms with Crippen molar-refractivity contribution in [1.29, 1.82) is 0 Å². The third-order valence-electron chi connectivity index (χ3n) is 13.2. The number of benzene rings is 11. The molecular weight excluding hydrogens is 821 g/mol. The van der Waals surface area contributed by atoms with Gasteiger partial charge in [0, 0.05) is 33.3 Å². The minimum Gasteiger partial charge on any atom is -0.309 e. The van der Waals surface area contributed by atoms with Crippen LogP contribution in [0.4, 0.5) is 17.1 Å². The molecule has 0 atom stereocenters. The maximum atomic E-state index is 2.45. The van der Waals surface area contributed by atoms with Crippen LogP contribution in [0.15, 0.2) is 279 Å². The molecule has 0 radical (unpaired) electrons. The first-order valence-electron chi connectivity index (χ1n) is 23.3. The molecule has 0 saturated carbocycles. The maximum absolute atomic E-state index is 2.45. The van der Waals surface area contributed by atoms with Crippen LogP contribution >= 0.6 is 0 Å². The summed E-state index contributed by atoms with van der Waals surface area (Å²) in [6.07, 6.45) is 0. The fourth-order valence-electron chi connectivity index (χ4n) is 9.89. The summed E-state index contributed by atoms with van der Waals surface area (Å²) >= 11 is 0. The fourth-order valence-corrected chi connectivity index (χ4v) is 9.89. The first-order valence-corrected chi connectivity index (χ1v) is 23.3. The van der Waals surface area contributed by atoms with Gasteiger partial charge in [-0.05, 0) is 116 Å². The topological polar surface area (TPSA) is 8.17 Å². The number of hydrogen-bond acceptors (Lipinski definition) is 1. The number of rotatable bonds is 10. The van der Waals surface area contributed by atoms with Crippen LogP contribution in [0.2, 0.25) is 0 Å². The molecule has 1 aromatic heterocycles. The van der Waals surface area contributed by atoms with Gasteiger partial charge in [-0.1, -0.05) is 218 Å². The van der Waals surface area contributed by atoms with Crippen molar-refractivity contribution in [2.75, 3.05) is 4.90 Å². The highest BCUT2D eigenvalue weighted by Crippen LogP contribution is 2.46. The molecule has 11 aromatic carbocycles. The van der Waals surface area contributed by atoms with Gasteiger partial charge in [-0.15, -0.1) is 0 Å². The summed E-state index contributed by atoms with van der Waals surface area (Å²) in [5.74, 6) is 0. The Kier molecular flexibility index (Phi) is 10.6. The summed E-state index contributed by atoms with van der Waals surface area (Å²) in [7, 11) is 0. The number of para-hydroxylation sites is 4. The summed E-state index contributed by atoms with van der Waals surface area (Å²) in [6.45, 7) is 0. The molecule has 0 unspecified atom stereocenters. The van der Waals surface area contributed by atoms with Crippen LogP contribution in [0.25, 0.3) is 94.3 Å². The molecular formula is C66H46N2. The summed E-state index contributed by atoms with van der Waals surface area (Å²) in [6, 6.07) is 101. The van der Waals surface area contributed by atoms with E-state index in [-0.39, 0.29) is 0 Å². The lowest BCUT2D eigenvalue weighted by molar-refractivity contribution is 1.18. The second-order valence-corrected chi connectivity index (χ2v) is 17.3. The van der Waals surface area contributed by atoms with Gasteiger partial charge in [0.25, 0.3) is 0 Å². The van der Waals surface area contributed by atoms with E-state index in [1.807, 2.05) is 0 Å². The maximum Gasteiger partial charge on any atom is 0.0541 e. The molecule has 0 aliphatic carbocycles. The Hall–Kier alpha value is -8.98. The van der Waals surface area contributed by atoms with Crippen LogP contribution in [0.5, 0.6) is 0 Å². The SMILES string of the molecule is c1ccc(-c2ccc(-c3cc(-c4ccccc4)cc(-n4c5ccccc5c5cc(-c6ccccc6N(c6ccccc6)c6ccccc6-c6ccc(-c7ccccc7)cc6)ccc54)c3)cc2)cc1. The van der Waals surface area contributed by atoms with Crippen LogP contribution in [0, 0.1) is 0 Å². The zero-order valence-corrected chi connectivity index (χ0v) is 37.5.